The van der Waals surface area contributed by atoms with Crippen molar-refractivity contribution in [1.29, 1.82) is 0 Å². The molecule has 8 nitrogen and oxygen atoms in total. The number of alkyl halides is 1. The van der Waals surface area contributed by atoms with Crippen molar-refractivity contribution in [2.75, 3.05) is 11.9 Å². The van der Waals surface area contributed by atoms with Crippen LogP contribution in [0.25, 0.3) is 10.9 Å². The highest BCUT2D eigenvalue weighted by molar-refractivity contribution is 6.08. The summed E-state index contributed by atoms with van der Waals surface area (Å²) in [6, 6.07) is 6.22. The highest BCUT2D eigenvalue weighted by Gasteiger charge is 2.61. The summed E-state index contributed by atoms with van der Waals surface area (Å²) in [4.78, 5) is 26.1. The van der Waals surface area contributed by atoms with Crippen LogP contribution in [0.4, 0.5) is 10.1 Å². The Kier molecular flexibility index (Phi) is 4.49. The van der Waals surface area contributed by atoms with Gasteiger partial charge in [-0.3, -0.25) is 14.3 Å². The van der Waals surface area contributed by atoms with E-state index in [1.165, 1.54) is 10.6 Å². The maximum absolute atomic E-state index is 13.5. The minimum absolute atomic E-state index is 0.0691. The molecule has 0 unspecified atom stereocenters. The molecule has 1 N–H and O–H groups in total. The molecule has 4 fully saturated rings. The molecule has 1 amide bonds. The van der Waals surface area contributed by atoms with Crippen LogP contribution < -0.4 is 15.6 Å². The molecule has 3 aromatic rings. The van der Waals surface area contributed by atoms with Crippen molar-refractivity contribution in [3.05, 3.63) is 52.6 Å². The molecule has 34 heavy (non-hydrogen) atoms. The van der Waals surface area contributed by atoms with Crippen molar-refractivity contribution in [3.8, 4) is 5.75 Å². The number of aromatic nitrogens is 3. The number of pyridine rings is 1. The fourth-order valence-corrected chi connectivity index (χ4v) is 5.40. The van der Waals surface area contributed by atoms with Crippen LogP contribution in [0.1, 0.15) is 56.4 Å². The van der Waals surface area contributed by atoms with Gasteiger partial charge < -0.3 is 19.4 Å². The maximum atomic E-state index is 13.5. The quantitative estimate of drug-likeness (QED) is 0.597. The Labute approximate surface area is 195 Å². The molecule has 2 aliphatic heterocycles. The summed E-state index contributed by atoms with van der Waals surface area (Å²) in [7, 11) is 0. The molecule has 0 spiro atoms. The van der Waals surface area contributed by atoms with Gasteiger partial charge in [0.25, 0.3) is 11.5 Å². The zero-order valence-electron chi connectivity index (χ0n) is 19.4. The van der Waals surface area contributed by atoms with E-state index in [1.54, 1.807) is 24.4 Å². The summed E-state index contributed by atoms with van der Waals surface area (Å²) < 4.78 is 28.7. The standard InChI is InChI=1S/C25H27FN4O4/c1-14(2)34-21-9-19-15(10-30(28-19)25-11-24(3,12-25)33-13-25)7-16(21)22(31)27-18-5-4-6-29(23(18)32)20-8-17(20)26/h4-7,9-10,14,17,20H,8,11-13H2,1-3H3,(H,27,31)/t17-,20+,24?,25?/m1/s1. The van der Waals surface area contributed by atoms with Crippen LogP contribution >= 0.6 is 0 Å². The number of amides is 1. The normalized spacial score (nSPS) is 29.3. The van der Waals surface area contributed by atoms with Gasteiger partial charge in [0.1, 0.15) is 17.6 Å². The summed E-state index contributed by atoms with van der Waals surface area (Å²) in [6.07, 6.45) is 4.46. The van der Waals surface area contributed by atoms with Gasteiger partial charge in [-0.05, 0) is 39.0 Å². The number of ether oxygens (including phenoxy) is 2. The van der Waals surface area contributed by atoms with Gasteiger partial charge in [-0.1, -0.05) is 0 Å². The van der Waals surface area contributed by atoms with Crippen LogP contribution in [0, 0.1) is 0 Å². The minimum Gasteiger partial charge on any atom is -0.490 e. The van der Waals surface area contributed by atoms with Crippen LogP contribution in [0.15, 0.2) is 41.5 Å². The van der Waals surface area contributed by atoms with Crippen LogP contribution in [-0.2, 0) is 10.3 Å². The van der Waals surface area contributed by atoms with E-state index < -0.39 is 23.7 Å². The number of carbonyl (C=O) groups excluding carboxylic acids is 1. The molecule has 4 aliphatic rings. The summed E-state index contributed by atoms with van der Waals surface area (Å²) in [5.74, 6) is -0.0718. The average Bonchev–Trinajstić information content (AvgIpc) is 3.08. The van der Waals surface area contributed by atoms with Crippen LogP contribution in [0.5, 0.6) is 5.75 Å². The Hall–Kier alpha value is -3.20. The van der Waals surface area contributed by atoms with Gasteiger partial charge in [-0.25, -0.2) is 4.39 Å². The third-order valence-corrected chi connectivity index (χ3v) is 7.06. The summed E-state index contributed by atoms with van der Waals surface area (Å²) >= 11 is 0. The van der Waals surface area contributed by atoms with Crippen molar-refractivity contribution in [3.63, 3.8) is 0 Å². The van der Waals surface area contributed by atoms with Gasteiger partial charge in [-0.15, -0.1) is 0 Å². The van der Waals surface area contributed by atoms with Gasteiger partial charge in [0.15, 0.2) is 0 Å². The molecular formula is C25H27FN4O4. The third kappa shape index (κ3) is 3.33. The van der Waals surface area contributed by atoms with E-state index >= 15 is 0 Å². The first-order valence-corrected chi connectivity index (χ1v) is 11.7. The number of halogens is 1. The van der Waals surface area contributed by atoms with Crippen molar-refractivity contribution in [2.45, 2.75) is 69.5 Å². The molecule has 0 radical (unpaired) electrons. The van der Waals surface area contributed by atoms with E-state index in [1.807, 2.05) is 24.7 Å². The molecule has 178 valence electrons. The Balaban J connectivity index is 1.35. The van der Waals surface area contributed by atoms with Crippen molar-refractivity contribution < 1.29 is 18.7 Å². The zero-order chi connectivity index (χ0) is 23.8. The molecule has 2 atom stereocenters. The number of nitrogens with zero attached hydrogens (tertiary/aromatic N) is 3. The fourth-order valence-electron chi connectivity index (χ4n) is 5.40. The van der Waals surface area contributed by atoms with Crippen LogP contribution in [0.3, 0.4) is 0 Å². The topological polar surface area (TPSA) is 87.4 Å². The molecule has 4 heterocycles. The molecule has 2 saturated carbocycles. The summed E-state index contributed by atoms with van der Waals surface area (Å²) in [5, 5.41) is 8.29. The molecule has 1 aromatic carbocycles. The summed E-state index contributed by atoms with van der Waals surface area (Å²) in [6.45, 7) is 6.51. The van der Waals surface area contributed by atoms with Crippen LogP contribution in [-0.4, -0.2) is 44.7 Å². The number of fused-ring (bicyclic) bond motifs is 2. The molecule has 9 heteroatoms. The third-order valence-electron chi connectivity index (χ3n) is 7.06. The first-order chi connectivity index (χ1) is 16.2. The lowest BCUT2D eigenvalue weighted by Gasteiger charge is -2.42. The Morgan fingerprint density at radius 1 is 1.35 bits per heavy atom. The highest BCUT2D eigenvalue weighted by atomic mass is 19.1. The lowest BCUT2D eigenvalue weighted by molar-refractivity contribution is 0.00383. The number of benzene rings is 1. The van der Waals surface area contributed by atoms with E-state index in [0.717, 1.165) is 23.7 Å². The van der Waals surface area contributed by atoms with E-state index in [0.29, 0.717) is 24.3 Å². The number of rotatable bonds is 6. The number of carbonyl (C=O) groups is 1. The van der Waals surface area contributed by atoms with Gasteiger partial charge in [0.05, 0.1) is 41.0 Å². The Morgan fingerprint density at radius 2 is 2.12 bits per heavy atom. The monoisotopic (exact) mass is 466 g/mol. The Morgan fingerprint density at radius 3 is 2.76 bits per heavy atom. The van der Waals surface area contributed by atoms with Gasteiger partial charge >= 0.3 is 0 Å². The summed E-state index contributed by atoms with van der Waals surface area (Å²) in [5.41, 5.74) is 0.515. The van der Waals surface area contributed by atoms with Gasteiger partial charge in [0, 0.05) is 43.1 Å². The van der Waals surface area contributed by atoms with Crippen LogP contribution in [0.2, 0.25) is 0 Å². The second-order valence-corrected chi connectivity index (χ2v) is 10.4. The minimum atomic E-state index is -1.02. The number of anilines is 1. The predicted molar refractivity (Wildman–Crippen MR) is 124 cm³/mol. The van der Waals surface area contributed by atoms with Crippen molar-refractivity contribution in [1.82, 2.24) is 14.3 Å². The first-order valence-electron chi connectivity index (χ1n) is 11.7. The van der Waals surface area contributed by atoms with Gasteiger partial charge in [0.2, 0.25) is 0 Å². The van der Waals surface area contributed by atoms with E-state index in [-0.39, 0.29) is 22.9 Å². The predicted octanol–water partition coefficient (Wildman–Crippen LogP) is 3.80. The largest absolute Gasteiger partial charge is 0.490 e. The molecule has 7 rings (SSSR count). The Bertz CT molecular complexity index is 1370. The lowest BCUT2D eigenvalue weighted by atomic mass is 9.69. The average molecular weight is 467 g/mol. The SMILES string of the molecule is CC(C)Oc1cc2nn(C34COC(C)(C3)C4)cc2cc1C(=O)Nc1cccn([C@H]2C[C@H]2F)c1=O. The lowest BCUT2D eigenvalue weighted by Crippen LogP contribution is -2.49. The van der Waals surface area contributed by atoms with E-state index in [4.69, 9.17) is 14.6 Å². The maximum Gasteiger partial charge on any atom is 0.274 e. The smallest absolute Gasteiger partial charge is 0.274 e. The van der Waals surface area contributed by atoms with Gasteiger partial charge in [-0.2, -0.15) is 5.10 Å². The van der Waals surface area contributed by atoms with E-state index in [2.05, 4.69) is 12.2 Å². The number of hydrogen-bond acceptors (Lipinski definition) is 5. The molecule has 2 aliphatic carbocycles. The zero-order valence-corrected chi connectivity index (χ0v) is 19.4. The fraction of sp³-hybridized carbons (Fsp3) is 0.480. The molecule has 2 saturated heterocycles. The second-order valence-electron chi connectivity index (χ2n) is 10.4. The number of hydrogen-bond donors (Lipinski definition) is 1. The number of nitrogens with one attached hydrogen (secondary N) is 1. The highest BCUT2D eigenvalue weighted by Crippen LogP contribution is 2.55. The molecule has 2 bridgehead atoms. The van der Waals surface area contributed by atoms with Crippen molar-refractivity contribution in [2.24, 2.45) is 0 Å². The second kappa shape index (κ2) is 7.15. The van der Waals surface area contributed by atoms with Crippen molar-refractivity contribution >= 4 is 22.5 Å². The first kappa shape index (κ1) is 21.3. The molecular weight excluding hydrogens is 439 g/mol. The molecule has 2 aromatic heterocycles. The van der Waals surface area contributed by atoms with E-state index in [9.17, 15) is 14.0 Å².